The summed E-state index contributed by atoms with van der Waals surface area (Å²) >= 11 is 3.41. The molecule has 0 saturated carbocycles. The van der Waals surface area contributed by atoms with Crippen molar-refractivity contribution in [1.29, 1.82) is 0 Å². The molecular formula is C20H22BrNO. The molecule has 2 aromatic carbocycles. The van der Waals surface area contributed by atoms with E-state index in [1.807, 2.05) is 24.3 Å². The van der Waals surface area contributed by atoms with E-state index < -0.39 is 0 Å². The van der Waals surface area contributed by atoms with Crippen LogP contribution in [-0.2, 0) is 24.1 Å². The molecule has 0 spiro atoms. The number of hydrogen-bond acceptors (Lipinski definition) is 1. The predicted octanol–water partition coefficient (Wildman–Crippen LogP) is 4.75. The molecule has 0 bridgehead atoms. The van der Waals surface area contributed by atoms with Gasteiger partial charge in [-0.3, -0.25) is 4.79 Å². The normalized spacial score (nSPS) is 14.9. The quantitative estimate of drug-likeness (QED) is 0.825. The Bertz CT molecular complexity index is 693. The molecule has 23 heavy (non-hydrogen) atoms. The minimum absolute atomic E-state index is 0.0465. The monoisotopic (exact) mass is 371 g/mol. The maximum Gasteiger partial charge on any atom is 0.224 e. The van der Waals surface area contributed by atoms with Crippen molar-refractivity contribution in [2.45, 2.75) is 45.1 Å². The van der Waals surface area contributed by atoms with Gasteiger partial charge < -0.3 is 5.32 Å². The fraction of sp³-hybridized carbons (Fsp3) is 0.350. The van der Waals surface area contributed by atoms with Crippen molar-refractivity contribution < 1.29 is 4.79 Å². The number of carbonyl (C=O) groups excluding carboxylic acids is 1. The molecule has 3 heteroatoms. The number of benzene rings is 2. The summed E-state index contributed by atoms with van der Waals surface area (Å²) in [5.74, 6) is 0.0672. The van der Waals surface area contributed by atoms with Gasteiger partial charge in [0.1, 0.15) is 0 Å². The summed E-state index contributed by atoms with van der Waals surface area (Å²) in [7, 11) is 0. The molecule has 2 aromatic rings. The van der Waals surface area contributed by atoms with Crippen LogP contribution in [0.1, 0.15) is 48.1 Å². The van der Waals surface area contributed by atoms with Gasteiger partial charge >= 0.3 is 0 Å². The highest BCUT2D eigenvalue weighted by Crippen LogP contribution is 2.24. The van der Waals surface area contributed by atoms with Gasteiger partial charge in [0, 0.05) is 4.47 Å². The largest absolute Gasteiger partial charge is 0.349 e. The summed E-state index contributed by atoms with van der Waals surface area (Å²) in [5.41, 5.74) is 5.18. The zero-order chi connectivity index (χ0) is 16.2. The second kappa shape index (κ2) is 7.31. The number of fused-ring (bicyclic) bond motifs is 1. The first-order valence-corrected chi connectivity index (χ1v) is 9.06. The lowest BCUT2D eigenvalue weighted by Gasteiger charge is -2.20. The molecule has 1 unspecified atom stereocenters. The van der Waals surface area contributed by atoms with E-state index in [-0.39, 0.29) is 11.9 Å². The lowest BCUT2D eigenvalue weighted by atomic mass is 9.89. The Morgan fingerprint density at radius 2 is 1.78 bits per heavy atom. The SMILES string of the molecule is CC(NC(=O)Cc1ccc(Br)cc1)c1ccc2c(c1)CCCC2. The highest BCUT2D eigenvalue weighted by Gasteiger charge is 2.14. The fourth-order valence-corrected chi connectivity index (χ4v) is 3.45. The van der Waals surface area contributed by atoms with Crippen LogP contribution in [-0.4, -0.2) is 5.91 Å². The summed E-state index contributed by atoms with van der Waals surface area (Å²) in [6.07, 6.45) is 5.36. The summed E-state index contributed by atoms with van der Waals surface area (Å²) in [5, 5.41) is 3.12. The second-order valence-corrected chi connectivity index (χ2v) is 7.24. The average Bonchev–Trinajstić information content (AvgIpc) is 2.56. The summed E-state index contributed by atoms with van der Waals surface area (Å²) < 4.78 is 1.03. The van der Waals surface area contributed by atoms with E-state index in [1.54, 1.807) is 0 Å². The Morgan fingerprint density at radius 3 is 2.52 bits per heavy atom. The van der Waals surface area contributed by atoms with Crippen molar-refractivity contribution in [1.82, 2.24) is 5.32 Å². The Morgan fingerprint density at radius 1 is 1.09 bits per heavy atom. The third-order valence-electron chi connectivity index (χ3n) is 4.53. The molecule has 0 fully saturated rings. The predicted molar refractivity (Wildman–Crippen MR) is 97.5 cm³/mol. The van der Waals surface area contributed by atoms with E-state index in [4.69, 9.17) is 0 Å². The van der Waals surface area contributed by atoms with Crippen LogP contribution in [0.15, 0.2) is 46.9 Å². The topological polar surface area (TPSA) is 29.1 Å². The van der Waals surface area contributed by atoms with Gasteiger partial charge in [0.15, 0.2) is 0 Å². The first kappa shape index (κ1) is 16.3. The first-order chi connectivity index (χ1) is 11.1. The molecule has 0 aromatic heterocycles. The summed E-state index contributed by atoms with van der Waals surface area (Å²) in [6, 6.07) is 14.6. The van der Waals surface area contributed by atoms with Gasteiger partial charge in [-0.2, -0.15) is 0 Å². The van der Waals surface area contributed by atoms with E-state index in [1.165, 1.54) is 42.4 Å². The molecule has 0 saturated heterocycles. The Hall–Kier alpha value is -1.61. The van der Waals surface area contributed by atoms with Crippen molar-refractivity contribution in [2.75, 3.05) is 0 Å². The molecule has 120 valence electrons. The zero-order valence-electron chi connectivity index (χ0n) is 13.4. The molecule has 0 heterocycles. The Balaban J connectivity index is 1.63. The zero-order valence-corrected chi connectivity index (χ0v) is 15.0. The molecule has 3 rings (SSSR count). The van der Waals surface area contributed by atoms with E-state index in [0.717, 1.165) is 10.0 Å². The van der Waals surface area contributed by atoms with Crippen LogP contribution < -0.4 is 5.32 Å². The van der Waals surface area contributed by atoms with Crippen LogP contribution in [0.2, 0.25) is 0 Å². The van der Waals surface area contributed by atoms with Crippen LogP contribution in [0, 0.1) is 0 Å². The van der Waals surface area contributed by atoms with Gasteiger partial charge in [-0.15, -0.1) is 0 Å². The van der Waals surface area contributed by atoms with E-state index in [0.29, 0.717) is 6.42 Å². The molecule has 0 aliphatic heterocycles. The Kier molecular flexibility index (Phi) is 5.16. The maximum absolute atomic E-state index is 12.2. The Labute approximate surface area is 146 Å². The van der Waals surface area contributed by atoms with Crippen molar-refractivity contribution in [2.24, 2.45) is 0 Å². The molecule has 0 radical (unpaired) electrons. The number of halogens is 1. The lowest BCUT2D eigenvalue weighted by Crippen LogP contribution is -2.28. The van der Waals surface area contributed by atoms with Gasteiger partial charge in [-0.1, -0.05) is 46.3 Å². The minimum atomic E-state index is 0.0465. The molecule has 1 aliphatic carbocycles. The van der Waals surface area contributed by atoms with Crippen LogP contribution in [0.3, 0.4) is 0 Å². The molecule has 1 atom stereocenters. The summed E-state index contributed by atoms with van der Waals surface area (Å²) in [4.78, 5) is 12.2. The van der Waals surface area contributed by atoms with Crippen LogP contribution >= 0.6 is 15.9 Å². The third-order valence-corrected chi connectivity index (χ3v) is 5.06. The second-order valence-electron chi connectivity index (χ2n) is 6.33. The number of aryl methyl sites for hydroxylation is 2. The lowest BCUT2D eigenvalue weighted by molar-refractivity contribution is -0.121. The van der Waals surface area contributed by atoms with Crippen molar-refractivity contribution >= 4 is 21.8 Å². The van der Waals surface area contributed by atoms with E-state index >= 15 is 0 Å². The van der Waals surface area contributed by atoms with Crippen LogP contribution in [0.5, 0.6) is 0 Å². The smallest absolute Gasteiger partial charge is 0.224 e. The molecule has 1 N–H and O–H groups in total. The van der Waals surface area contributed by atoms with Crippen molar-refractivity contribution in [3.8, 4) is 0 Å². The van der Waals surface area contributed by atoms with Crippen LogP contribution in [0.25, 0.3) is 0 Å². The molecule has 2 nitrogen and oxygen atoms in total. The standard InChI is InChI=1S/C20H22BrNO/c1-14(17-9-8-16-4-2-3-5-18(16)13-17)22-20(23)12-15-6-10-19(21)11-7-15/h6-11,13-14H,2-5,12H2,1H3,(H,22,23). The van der Waals surface area contributed by atoms with Gasteiger partial charge in [-0.25, -0.2) is 0 Å². The van der Waals surface area contributed by atoms with Crippen molar-refractivity contribution in [3.05, 3.63) is 69.2 Å². The van der Waals surface area contributed by atoms with Crippen LogP contribution in [0.4, 0.5) is 0 Å². The third kappa shape index (κ3) is 4.23. The fourth-order valence-electron chi connectivity index (χ4n) is 3.19. The number of carbonyl (C=O) groups is 1. The van der Waals surface area contributed by atoms with Gasteiger partial charge in [0.05, 0.1) is 12.5 Å². The number of hydrogen-bond donors (Lipinski definition) is 1. The number of amides is 1. The van der Waals surface area contributed by atoms with E-state index in [2.05, 4.69) is 46.4 Å². The van der Waals surface area contributed by atoms with Crippen molar-refractivity contribution in [3.63, 3.8) is 0 Å². The minimum Gasteiger partial charge on any atom is -0.349 e. The van der Waals surface area contributed by atoms with Gasteiger partial charge in [0.25, 0.3) is 0 Å². The molecular weight excluding hydrogens is 350 g/mol. The molecule has 1 amide bonds. The first-order valence-electron chi connectivity index (χ1n) is 8.27. The summed E-state index contributed by atoms with van der Waals surface area (Å²) in [6.45, 7) is 2.06. The maximum atomic E-state index is 12.2. The highest BCUT2D eigenvalue weighted by atomic mass is 79.9. The van der Waals surface area contributed by atoms with E-state index in [9.17, 15) is 4.79 Å². The number of nitrogens with one attached hydrogen (secondary N) is 1. The average molecular weight is 372 g/mol. The number of rotatable bonds is 4. The highest BCUT2D eigenvalue weighted by molar-refractivity contribution is 9.10. The van der Waals surface area contributed by atoms with Gasteiger partial charge in [-0.05, 0) is 67.0 Å². The van der Waals surface area contributed by atoms with Gasteiger partial charge in [0.2, 0.25) is 5.91 Å². The molecule has 1 aliphatic rings.